The van der Waals surface area contributed by atoms with E-state index in [0.29, 0.717) is 35.8 Å². The third-order valence-electron chi connectivity index (χ3n) is 4.40. The van der Waals surface area contributed by atoms with E-state index in [1.54, 1.807) is 63.6 Å². The molecule has 2 N–H and O–H groups in total. The predicted molar refractivity (Wildman–Crippen MR) is 123 cm³/mol. The van der Waals surface area contributed by atoms with Crippen LogP contribution >= 0.6 is 0 Å². The fraction of sp³-hybridized carbons (Fsp3) is 0.292. The zero-order valence-electron chi connectivity index (χ0n) is 18.7. The molecule has 0 saturated carbocycles. The van der Waals surface area contributed by atoms with Gasteiger partial charge in [0, 0.05) is 35.4 Å². The zero-order chi connectivity index (χ0) is 23.1. The van der Waals surface area contributed by atoms with E-state index in [1.165, 1.54) is 0 Å². The molecule has 0 aliphatic rings. The molecule has 0 aliphatic heterocycles. The monoisotopic (exact) mass is 436 g/mol. The second-order valence-electron chi connectivity index (χ2n) is 8.29. The molecular formula is C24H28N4O4. The minimum Gasteiger partial charge on any atom is -0.492 e. The van der Waals surface area contributed by atoms with Crippen LogP contribution in [0.25, 0.3) is 0 Å². The third kappa shape index (κ3) is 6.87. The van der Waals surface area contributed by atoms with Crippen molar-refractivity contribution in [1.82, 2.24) is 9.55 Å². The lowest BCUT2D eigenvalue weighted by atomic mass is 10.1. The Bertz CT molecular complexity index is 1070. The minimum absolute atomic E-state index is 0.298. The van der Waals surface area contributed by atoms with Gasteiger partial charge in [-0.1, -0.05) is 12.1 Å². The first kappa shape index (κ1) is 22.9. The van der Waals surface area contributed by atoms with Gasteiger partial charge in [0.25, 0.3) is 5.91 Å². The number of rotatable bonds is 7. The maximum absolute atomic E-state index is 12.8. The quantitative estimate of drug-likeness (QED) is 0.551. The average Bonchev–Trinajstić information content (AvgIpc) is 3.22. The number of hydrogen-bond acceptors (Lipinski definition) is 5. The first-order valence-electron chi connectivity index (χ1n) is 10.3. The van der Waals surface area contributed by atoms with Gasteiger partial charge in [-0.25, -0.2) is 9.78 Å². The summed E-state index contributed by atoms with van der Waals surface area (Å²) < 4.78 is 13.0. The Kier molecular flexibility index (Phi) is 7.14. The molecule has 8 nitrogen and oxygen atoms in total. The van der Waals surface area contributed by atoms with Crippen molar-refractivity contribution in [2.24, 2.45) is 0 Å². The number of amides is 2. The van der Waals surface area contributed by atoms with Crippen LogP contribution in [0, 0.1) is 6.92 Å². The highest BCUT2D eigenvalue weighted by molar-refractivity contribution is 6.05. The SMILES string of the molecule is Cc1ccc(C(=O)Nc2cccc(OCCn3ccnc3)c2)cc1NC(=O)OC(C)(C)C. The van der Waals surface area contributed by atoms with E-state index in [0.717, 1.165) is 5.56 Å². The number of hydrogen-bond donors (Lipinski definition) is 2. The molecule has 3 rings (SSSR count). The van der Waals surface area contributed by atoms with Crippen LogP contribution in [-0.4, -0.2) is 33.8 Å². The van der Waals surface area contributed by atoms with Crippen LogP contribution in [-0.2, 0) is 11.3 Å². The second kappa shape index (κ2) is 10.00. The van der Waals surface area contributed by atoms with Crippen molar-refractivity contribution >= 4 is 23.4 Å². The summed E-state index contributed by atoms with van der Waals surface area (Å²) in [5, 5.41) is 5.56. The molecule has 0 fully saturated rings. The van der Waals surface area contributed by atoms with Crippen molar-refractivity contribution in [3.63, 3.8) is 0 Å². The lowest BCUT2D eigenvalue weighted by Crippen LogP contribution is -2.27. The molecule has 3 aromatic rings. The smallest absolute Gasteiger partial charge is 0.412 e. The van der Waals surface area contributed by atoms with Crippen LogP contribution in [0.1, 0.15) is 36.7 Å². The van der Waals surface area contributed by atoms with Gasteiger partial charge >= 0.3 is 6.09 Å². The Hall–Kier alpha value is -3.81. The van der Waals surface area contributed by atoms with Gasteiger partial charge in [-0.15, -0.1) is 0 Å². The fourth-order valence-corrected chi connectivity index (χ4v) is 2.87. The standard InChI is InChI=1S/C24H28N4O4/c1-17-8-9-18(14-21(17)27-23(30)32-24(2,3)4)22(29)26-19-6-5-7-20(15-19)31-13-12-28-11-10-25-16-28/h5-11,14-16H,12-13H2,1-4H3,(H,26,29)(H,27,30). The Balaban J connectivity index is 1.62. The minimum atomic E-state index is -0.612. The summed E-state index contributed by atoms with van der Waals surface area (Å²) in [6, 6.07) is 12.3. The van der Waals surface area contributed by atoms with Crippen molar-refractivity contribution in [2.45, 2.75) is 39.8 Å². The molecule has 2 aromatic carbocycles. The summed E-state index contributed by atoms with van der Waals surface area (Å²) in [4.78, 5) is 28.9. The van der Waals surface area contributed by atoms with E-state index in [9.17, 15) is 9.59 Å². The average molecular weight is 437 g/mol. The predicted octanol–water partition coefficient (Wildman–Crippen LogP) is 4.87. The molecule has 1 aromatic heterocycles. The van der Waals surface area contributed by atoms with E-state index in [1.807, 2.05) is 29.8 Å². The van der Waals surface area contributed by atoms with Gasteiger partial charge in [0.05, 0.1) is 12.9 Å². The van der Waals surface area contributed by atoms with Gasteiger partial charge in [-0.2, -0.15) is 0 Å². The normalized spacial score (nSPS) is 11.0. The summed E-state index contributed by atoms with van der Waals surface area (Å²) in [7, 11) is 0. The van der Waals surface area contributed by atoms with Gasteiger partial charge in [0.1, 0.15) is 18.0 Å². The number of carbonyl (C=O) groups is 2. The number of ether oxygens (including phenoxy) is 2. The largest absolute Gasteiger partial charge is 0.492 e. The molecule has 0 spiro atoms. The zero-order valence-corrected chi connectivity index (χ0v) is 18.7. The number of nitrogens with one attached hydrogen (secondary N) is 2. The van der Waals surface area contributed by atoms with Crippen LogP contribution in [0.5, 0.6) is 5.75 Å². The van der Waals surface area contributed by atoms with Gasteiger partial charge < -0.3 is 19.4 Å². The van der Waals surface area contributed by atoms with Gasteiger partial charge in [-0.3, -0.25) is 10.1 Å². The third-order valence-corrected chi connectivity index (χ3v) is 4.40. The molecular weight excluding hydrogens is 408 g/mol. The van der Waals surface area contributed by atoms with Gasteiger partial charge in [0.2, 0.25) is 0 Å². The van der Waals surface area contributed by atoms with E-state index >= 15 is 0 Å². The maximum Gasteiger partial charge on any atom is 0.412 e. The van der Waals surface area contributed by atoms with Gasteiger partial charge in [-0.05, 0) is 57.5 Å². The highest BCUT2D eigenvalue weighted by Crippen LogP contribution is 2.21. The summed E-state index contributed by atoms with van der Waals surface area (Å²) in [6.07, 6.45) is 4.75. The molecule has 168 valence electrons. The number of nitrogens with zero attached hydrogens (tertiary/aromatic N) is 2. The van der Waals surface area contributed by atoms with Crippen molar-refractivity contribution in [1.29, 1.82) is 0 Å². The molecule has 0 radical (unpaired) electrons. The number of aromatic nitrogens is 2. The Morgan fingerprint density at radius 2 is 1.91 bits per heavy atom. The molecule has 32 heavy (non-hydrogen) atoms. The summed E-state index contributed by atoms with van der Waals surface area (Å²) in [6.45, 7) is 8.37. The van der Waals surface area contributed by atoms with Crippen molar-refractivity contribution in [3.8, 4) is 5.75 Å². The number of carbonyl (C=O) groups excluding carboxylic acids is 2. The van der Waals surface area contributed by atoms with Crippen LogP contribution in [0.2, 0.25) is 0 Å². The molecule has 1 heterocycles. The molecule has 0 aliphatic carbocycles. The lowest BCUT2D eigenvalue weighted by Gasteiger charge is -2.20. The highest BCUT2D eigenvalue weighted by atomic mass is 16.6. The first-order valence-corrected chi connectivity index (χ1v) is 10.3. The highest BCUT2D eigenvalue weighted by Gasteiger charge is 2.17. The first-order chi connectivity index (χ1) is 15.2. The number of aryl methyl sites for hydroxylation is 1. The molecule has 0 atom stereocenters. The molecule has 0 bridgehead atoms. The van der Waals surface area contributed by atoms with E-state index in [2.05, 4.69) is 15.6 Å². The maximum atomic E-state index is 12.8. The van der Waals surface area contributed by atoms with E-state index < -0.39 is 11.7 Å². The fourth-order valence-electron chi connectivity index (χ4n) is 2.87. The van der Waals surface area contributed by atoms with E-state index in [-0.39, 0.29) is 5.91 Å². The van der Waals surface area contributed by atoms with Crippen LogP contribution in [0.3, 0.4) is 0 Å². The van der Waals surface area contributed by atoms with Crippen molar-refractivity contribution in [3.05, 3.63) is 72.3 Å². The topological polar surface area (TPSA) is 94.5 Å². The number of imidazole rings is 1. The van der Waals surface area contributed by atoms with Gasteiger partial charge in [0.15, 0.2) is 0 Å². The lowest BCUT2D eigenvalue weighted by molar-refractivity contribution is 0.0635. The number of benzene rings is 2. The van der Waals surface area contributed by atoms with Crippen LogP contribution in [0.4, 0.5) is 16.2 Å². The van der Waals surface area contributed by atoms with Crippen molar-refractivity contribution < 1.29 is 19.1 Å². The summed E-state index contributed by atoms with van der Waals surface area (Å²) in [5.74, 6) is 0.354. The summed E-state index contributed by atoms with van der Waals surface area (Å²) >= 11 is 0. The molecule has 0 unspecified atom stereocenters. The molecule has 0 saturated heterocycles. The van der Waals surface area contributed by atoms with Crippen molar-refractivity contribution in [2.75, 3.05) is 17.2 Å². The number of anilines is 2. The molecule has 2 amide bonds. The van der Waals surface area contributed by atoms with Crippen LogP contribution < -0.4 is 15.4 Å². The Labute approximate surface area is 187 Å². The second-order valence-corrected chi connectivity index (χ2v) is 8.29. The van der Waals surface area contributed by atoms with E-state index in [4.69, 9.17) is 9.47 Å². The Morgan fingerprint density at radius 3 is 2.62 bits per heavy atom. The Morgan fingerprint density at radius 1 is 1.09 bits per heavy atom. The molecule has 8 heteroatoms. The summed E-state index contributed by atoms with van der Waals surface area (Å²) in [5.41, 5.74) is 1.74. The van der Waals surface area contributed by atoms with Crippen LogP contribution in [0.15, 0.2) is 61.2 Å².